The van der Waals surface area contributed by atoms with Crippen LogP contribution in [0.5, 0.6) is 11.6 Å². The summed E-state index contributed by atoms with van der Waals surface area (Å²) >= 11 is 0. The second-order valence-corrected chi connectivity index (χ2v) is 11.9. The number of non-ortho nitro benzene ring substituents is 1. The minimum absolute atomic E-state index is 0.00233. The third-order valence-electron chi connectivity index (χ3n) is 5.80. The van der Waals surface area contributed by atoms with Crippen LogP contribution < -0.4 is 14.8 Å². The monoisotopic (exact) mass is 597 g/mol. The van der Waals surface area contributed by atoms with Gasteiger partial charge in [0.15, 0.2) is 5.69 Å². The first-order valence-corrected chi connectivity index (χ1v) is 13.9. The molecule has 41 heavy (non-hydrogen) atoms. The summed E-state index contributed by atoms with van der Waals surface area (Å²) in [6.45, 7) is 8.40. The Morgan fingerprint density at radius 3 is 2.41 bits per heavy atom. The number of sulfonamides is 1. The van der Waals surface area contributed by atoms with Crippen LogP contribution in [0.1, 0.15) is 61.3 Å². The van der Waals surface area contributed by atoms with Gasteiger partial charge in [-0.05, 0) is 57.9 Å². The molecule has 3 rings (SSSR count). The predicted molar refractivity (Wildman–Crippen MR) is 143 cm³/mol. The minimum atomic E-state index is -4.54. The molecular formula is C26H30F3N5O6S. The molecule has 11 nitrogen and oxygen atoms in total. The molecule has 2 N–H and O–H groups in total. The van der Waals surface area contributed by atoms with E-state index < -0.39 is 48.7 Å². The maximum Gasteiger partial charge on any atom is 0.416 e. The smallest absolute Gasteiger partial charge is 0.416 e. The van der Waals surface area contributed by atoms with E-state index in [1.54, 1.807) is 27.7 Å². The van der Waals surface area contributed by atoms with Crippen LogP contribution in [0.4, 0.5) is 18.9 Å². The third-order valence-corrected chi connectivity index (χ3v) is 7.28. The molecule has 0 spiro atoms. The molecule has 0 atom stereocenters. The van der Waals surface area contributed by atoms with Gasteiger partial charge in [-0.15, -0.1) is 0 Å². The van der Waals surface area contributed by atoms with Crippen molar-refractivity contribution in [2.75, 3.05) is 6.54 Å². The van der Waals surface area contributed by atoms with Crippen molar-refractivity contribution in [3.63, 3.8) is 0 Å². The number of nitrogens with one attached hydrogen (secondary N) is 2. The lowest BCUT2D eigenvalue weighted by Gasteiger charge is -2.22. The average Bonchev–Trinajstić information content (AvgIpc) is 3.22. The molecule has 0 saturated carbocycles. The highest BCUT2D eigenvalue weighted by molar-refractivity contribution is 7.89. The van der Waals surface area contributed by atoms with Gasteiger partial charge in [-0.2, -0.15) is 18.3 Å². The number of carbonyl (C=O) groups is 1. The Bertz CT molecular complexity index is 1560. The number of rotatable bonds is 10. The summed E-state index contributed by atoms with van der Waals surface area (Å²) in [5.41, 5.74) is -1.76. The van der Waals surface area contributed by atoms with Crippen LogP contribution in [0.25, 0.3) is 0 Å². The fourth-order valence-corrected chi connectivity index (χ4v) is 5.00. The van der Waals surface area contributed by atoms with Crippen molar-refractivity contribution < 1.29 is 36.0 Å². The second kappa shape index (κ2) is 11.9. The van der Waals surface area contributed by atoms with Crippen LogP contribution in [0.3, 0.4) is 0 Å². The molecule has 0 fully saturated rings. The van der Waals surface area contributed by atoms with Crippen LogP contribution in [-0.4, -0.2) is 35.6 Å². The Balaban J connectivity index is 2.01. The van der Waals surface area contributed by atoms with Crippen molar-refractivity contribution in [2.45, 2.75) is 64.2 Å². The Labute approximate surface area is 234 Å². The second-order valence-electron chi connectivity index (χ2n) is 10.1. The molecule has 222 valence electrons. The van der Waals surface area contributed by atoms with E-state index in [1.165, 1.54) is 23.7 Å². The highest BCUT2D eigenvalue weighted by atomic mass is 32.2. The zero-order valence-electron chi connectivity index (χ0n) is 23.0. The normalized spacial score (nSPS) is 12.3. The Hall–Kier alpha value is -3.98. The van der Waals surface area contributed by atoms with Crippen LogP contribution >= 0.6 is 0 Å². The van der Waals surface area contributed by atoms with Gasteiger partial charge >= 0.3 is 6.18 Å². The zero-order valence-corrected chi connectivity index (χ0v) is 23.8. The van der Waals surface area contributed by atoms with Crippen LogP contribution in [-0.2, 0) is 28.3 Å². The summed E-state index contributed by atoms with van der Waals surface area (Å²) in [5, 5.41) is 18.3. The Morgan fingerprint density at radius 2 is 1.83 bits per heavy atom. The molecular weight excluding hydrogens is 567 g/mol. The zero-order chi connectivity index (χ0) is 30.8. The highest BCUT2D eigenvalue weighted by Gasteiger charge is 2.32. The molecule has 0 radical (unpaired) electrons. The van der Waals surface area contributed by atoms with E-state index in [2.05, 4.69) is 15.1 Å². The first-order chi connectivity index (χ1) is 19.0. The van der Waals surface area contributed by atoms with E-state index in [0.29, 0.717) is 6.42 Å². The summed E-state index contributed by atoms with van der Waals surface area (Å²) in [6.07, 6.45) is -4.07. The Morgan fingerprint density at radius 1 is 1.15 bits per heavy atom. The van der Waals surface area contributed by atoms with Crippen molar-refractivity contribution in [1.82, 2.24) is 19.8 Å². The first kappa shape index (κ1) is 31.5. The number of alkyl halides is 3. The molecule has 1 aromatic heterocycles. The van der Waals surface area contributed by atoms with Gasteiger partial charge < -0.3 is 10.1 Å². The predicted octanol–water partition coefficient (Wildman–Crippen LogP) is 5.28. The van der Waals surface area contributed by atoms with Gasteiger partial charge in [0.05, 0.1) is 16.0 Å². The minimum Gasteiger partial charge on any atom is -0.438 e. The van der Waals surface area contributed by atoms with Gasteiger partial charge in [-0.3, -0.25) is 14.9 Å². The number of hydrogen-bond donors (Lipinski definition) is 2. The van der Waals surface area contributed by atoms with Crippen LogP contribution in [0.15, 0.2) is 47.4 Å². The highest BCUT2D eigenvalue weighted by Crippen LogP contribution is 2.36. The lowest BCUT2D eigenvalue weighted by atomic mass is 10.1. The molecule has 1 amide bonds. The maximum atomic E-state index is 13.1. The molecule has 15 heteroatoms. The van der Waals surface area contributed by atoms with Gasteiger partial charge in [0.1, 0.15) is 10.6 Å². The number of hydrogen-bond acceptors (Lipinski definition) is 7. The van der Waals surface area contributed by atoms with Crippen molar-refractivity contribution in [2.24, 2.45) is 0 Å². The van der Waals surface area contributed by atoms with Gasteiger partial charge in [0.25, 0.3) is 11.6 Å². The molecule has 0 aliphatic rings. The lowest BCUT2D eigenvalue weighted by molar-refractivity contribution is -0.385. The van der Waals surface area contributed by atoms with Crippen LogP contribution in [0.2, 0.25) is 0 Å². The average molecular weight is 598 g/mol. The summed E-state index contributed by atoms with van der Waals surface area (Å²) in [5.74, 6) is -0.931. The van der Waals surface area contributed by atoms with E-state index in [4.69, 9.17) is 4.74 Å². The van der Waals surface area contributed by atoms with E-state index in [-0.39, 0.29) is 41.5 Å². The molecule has 2 aromatic carbocycles. The first-order valence-electron chi connectivity index (χ1n) is 12.5. The number of carbonyl (C=O) groups excluding carboxylic acids is 1. The number of nitro groups is 1. The van der Waals surface area contributed by atoms with E-state index >= 15 is 0 Å². The molecule has 0 aliphatic heterocycles. The molecule has 1 heterocycles. The standard InChI is InChI=1S/C26H30F3N5O6S/c1-6-12-31-41(38,39)21-14-19(34(36)37)10-11-20(21)40-24-16(2)22(32-33(24)25(3,4)5)23(35)30-15-17-8-7-9-18(13-17)26(27,28)29/h7-11,13-14,31H,6,12,15H2,1-5H3,(H,30,35). The number of halogens is 3. The topological polar surface area (TPSA) is 145 Å². The maximum absolute atomic E-state index is 13.1. The number of nitro benzene ring substituents is 1. The van der Waals surface area contributed by atoms with E-state index in [9.17, 15) is 36.5 Å². The fourth-order valence-electron chi connectivity index (χ4n) is 3.72. The number of aromatic nitrogens is 2. The van der Waals surface area contributed by atoms with E-state index in [0.717, 1.165) is 30.3 Å². The quantitative estimate of drug-likeness (QED) is 0.239. The summed E-state index contributed by atoms with van der Waals surface area (Å²) in [7, 11) is -4.22. The van der Waals surface area contributed by atoms with Crippen molar-refractivity contribution in [1.29, 1.82) is 0 Å². The number of nitrogens with zero attached hydrogens (tertiary/aromatic N) is 3. The number of benzene rings is 2. The lowest BCUT2D eigenvalue weighted by Crippen LogP contribution is -2.27. The van der Waals surface area contributed by atoms with Gasteiger partial charge in [-0.1, -0.05) is 19.1 Å². The van der Waals surface area contributed by atoms with Gasteiger partial charge in [0.2, 0.25) is 15.9 Å². The van der Waals surface area contributed by atoms with E-state index in [1.807, 2.05) is 0 Å². The molecule has 0 unspecified atom stereocenters. The van der Waals surface area contributed by atoms with Crippen molar-refractivity contribution in [3.8, 4) is 11.6 Å². The largest absolute Gasteiger partial charge is 0.438 e. The van der Waals surface area contributed by atoms with Crippen molar-refractivity contribution in [3.05, 3.63) is 75.0 Å². The Kier molecular flexibility index (Phi) is 9.13. The SMILES string of the molecule is CCCNS(=O)(=O)c1cc([N+](=O)[O-])ccc1Oc1c(C)c(C(=O)NCc2cccc(C(F)(F)F)c2)nn1C(C)(C)C. The molecule has 0 saturated heterocycles. The molecule has 3 aromatic rings. The molecule has 0 bridgehead atoms. The van der Waals surface area contributed by atoms with Crippen molar-refractivity contribution >= 4 is 21.6 Å². The van der Waals surface area contributed by atoms with Crippen LogP contribution in [0, 0.1) is 17.0 Å². The van der Waals surface area contributed by atoms with Gasteiger partial charge in [-0.25, -0.2) is 17.8 Å². The van der Waals surface area contributed by atoms with Gasteiger partial charge in [0, 0.05) is 30.8 Å². The summed E-state index contributed by atoms with van der Waals surface area (Å²) < 4.78 is 74.9. The third kappa shape index (κ3) is 7.41. The number of amides is 1. The summed E-state index contributed by atoms with van der Waals surface area (Å²) in [4.78, 5) is 23.2. The summed E-state index contributed by atoms with van der Waals surface area (Å²) in [6, 6.07) is 7.64. The fraction of sp³-hybridized carbons (Fsp3) is 0.385. The number of ether oxygens (including phenoxy) is 1. The molecule has 0 aliphatic carbocycles.